The summed E-state index contributed by atoms with van der Waals surface area (Å²) in [6.45, 7) is 2.87. The van der Waals surface area contributed by atoms with Gasteiger partial charge in [0.05, 0.1) is 0 Å². The van der Waals surface area contributed by atoms with Crippen molar-refractivity contribution in [2.75, 3.05) is 30.4 Å². The van der Waals surface area contributed by atoms with Crippen molar-refractivity contribution < 1.29 is 5.11 Å². The molecule has 3 aromatic rings. The SMILES string of the molecule is Cc1cc(Nc2cc(Sc3ccccc3)cc(N(C)CCCO)n2)n[nH]1. The van der Waals surface area contributed by atoms with Crippen LogP contribution in [0.5, 0.6) is 0 Å². The molecule has 0 atom stereocenters. The summed E-state index contributed by atoms with van der Waals surface area (Å²) >= 11 is 1.69. The average molecular weight is 369 g/mol. The molecule has 6 nitrogen and oxygen atoms in total. The van der Waals surface area contributed by atoms with Gasteiger partial charge in [0.2, 0.25) is 0 Å². The molecule has 3 rings (SSSR count). The second kappa shape index (κ2) is 8.73. The molecule has 7 heteroatoms. The topological polar surface area (TPSA) is 77.1 Å². The predicted octanol–water partition coefficient (Wildman–Crippen LogP) is 3.83. The number of hydrogen-bond acceptors (Lipinski definition) is 6. The van der Waals surface area contributed by atoms with Crippen LogP contribution in [-0.4, -0.2) is 40.5 Å². The van der Waals surface area contributed by atoms with Crippen molar-refractivity contribution in [1.82, 2.24) is 15.2 Å². The van der Waals surface area contributed by atoms with Gasteiger partial charge in [0, 0.05) is 41.8 Å². The Morgan fingerprint density at radius 2 is 1.92 bits per heavy atom. The first-order chi connectivity index (χ1) is 12.6. The lowest BCUT2D eigenvalue weighted by Crippen LogP contribution is -2.20. The predicted molar refractivity (Wildman–Crippen MR) is 106 cm³/mol. The molecule has 0 radical (unpaired) electrons. The third kappa shape index (κ3) is 5.00. The van der Waals surface area contributed by atoms with Gasteiger partial charge >= 0.3 is 0 Å². The van der Waals surface area contributed by atoms with Crippen LogP contribution in [0.1, 0.15) is 12.1 Å². The van der Waals surface area contributed by atoms with E-state index in [1.807, 2.05) is 49.2 Å². The summed E-state index contributed by atoms with van der Waals surface area (Å²) < 4.78 is 0. The van der Waals surface area contributed by atoms with Crippen molar-refractivity contribution in [2.45, 2.75) is 23.1 Å². The van der Waals surface area contributed by atoms with Gasteiger partial charge in [-0.05, 0) is 37.6 Å². The molecule has 2 aromatic heterocycles. The molecule has 3 N–H and O–H groups in total. The van der Waals surface area contributed by atoms with Gasteiger partial charge < -0.3 is 15.3 Å². The molecular weight excluding hydrogens is 346 g/mol. The molecule has 0 unspecified atom stereocenters. The summed E-state index contributed by atoms with van der Waals surface area (Å²) in [5.41, 5.74) is 0.989. The van der Waals surface area contributed by atoms with Crippen molar-refractivity contribution in [3.8, 4) is 0 Å². The third-order valence-electron chi connectivity index (χ3n) is 3.77. The van der Waals surface area contributed by atoms with Crippen LogP contribution in [0.25, 0.3) is 0 Å². The van der Waals surface area contributed by atoms with Crippen molar-refractivity contribution in [3.05, 3.63) is 54.2 Å². The number of aromatic amines is 1. The van der Waals surface area contributed by atoms with Gasteiger partial charge in [-0.2, -0.15) is 5.10 Å². The number of pyridine rings is 1. The average Bonchev–Trinajstić information content (AvgIpc) is 3.05. The molecule has 0 aliphatic heterocycles. The second-order valence-corrected chi connectivity index (χ2v) is 7.17. The summed E-state index contributed by atoms with van der Waals surface area (Å²) in [6, 6.07) is 16.3. The Morgan fingerprint density at radius 1 is 1.12 bits per heavy atom. The highest BCUT2D eigenvalue weighted by Crippen LogP contribution is 2.32. The van der Waals surface area contributed by atoms with Crippen LogP contribution in [-0.2, 0) is 0 Å². The van der Waals surface area contributed by atoms with E-state index in [0.717, 1.165) is 34.6 Å². The van der Waals surface area contributed by atoms with E-state index in [-0.39, 0.29) is 6.61 Å². The summed E-state index contributed by atoms with van der Waals surface area (Å²) in [5.74, 6) is 2.33. The monoisotopic (exact) mass is 369 g/mol. The molecule has 0 bridgehead atoms. The summed E-state index contributed by atoms with van der Waals surface area (Å²) in [6.07, 6.45) is 0.704. The highest BCUT2D eigenvalue weighted by molar-refractivity contribution is 7.99. The van der Waals surface area contributed by atoms with E-state index >= 15 is 0 Å². The van der Waals surface area contributed by atoms with Gasteiger partial charge in [-0.15, -0.1) is 0 Å². The standard InChI is InChI=1S/C19H23N5OS/c1-14-11-18(23-22-14)20-17-12-16(26-15-7-4-3-5-8-15)13-19(21-17)24(2)9-6-10-25/h3-5,7-8,11-13,25H,6,9-10H2,1-2H3,(H2,20,21,22,23). The fraction of sp³-hybridized carbons (Fsp3) is 0.263. The molecule has 0 aliphatic carbocycles. The fourth-order valence-electron chi connectivity index (χ4n) is 2.47. The number of aliphatic hydroxyl groups is 1. The Morgan fingerprint density at radius 3 is 2.62 bits per heavy atom. The molecule has 0 aliphatic rings. The molecule has 0 fully saturated rings. The lowest BCUT2D eigenvalue weighted by atomic mass is 10.3. The highest BCUT2D eigenvalue weighted by Gasteiger charge is 2.10. The maximum Gasteiger partial charge on any atom is 0.153 e. The Kier molecular flexibility index (Phi) is 6.14. The maximum absolute atomic E-state index is 9.09. The normalized spacial score (nSPS) is 10.7. The van der Waals surface area contributed by atoms with Gasteiger partial charge in [0.1, 0.15) is 11.6 Å². The van der Waals surface area contributed by atoms with Crippen LogP contribution in [0, 0.1) is 6.92 Å². The number of aryl methyl sites for hydroxylation is 1. The maximum atomic E-state index is 9.09. The molecule has 0 saturated carbocycles. The summed E-state index contributed by atoms with van der Waals surface area (Å²) in [4.78, 5) is 9.01. The first kappa shape index (κ1) is 18.3. The molecule has 0 amide bonds. The van der Waals surface area contributed by atoms with E-state index in [1.54, 1.807) is 11.8 Å². The zero-order chi connectivity index (χ0) is 18.4. The van der Waals surface area contributed by atoms with Gasteiger partial charge in [0.25, 0.3) is 0 Å². The molecule has 136 valence electrons. The highest BCUT2D eigenvalue weighted by atomic mass is 32.2. The van der Waals surface area contributed by atoms with Gasteiger partial charge in [-0.1, -0.05) is 30.0 Å². The lowest BCUT2D eigenvalue weighted by molar-refractivity contribution is 0.290. The number of nitrogens with zero attached hydrogens (tertiary/aromatic N) is 3. The molecular formula is C19H23N5OS. The van der Waals surface area contributed by atoms with E-state index in [4.69, 9.17) is 10.1 Å². The Bertz CT molecular complexity index is 837. The number of aromatic nitrogens is 3. The van der Waals surface area contributed by atoms with Crippen molar-refractivity contribution >= 4 is 29.2 Å². The minimum absolute atomic E-state index is 0.167. The number of anilines is 3. The van der Waals surface area contributed by atoms with Crippen molar-refractivity contribution in [2.24, 2.45) is 0 Å². The van der Waals surface area contributed by atoms with E-state index < -0.39 is 0 Å². The van der Waals surface area contributed by atoms with Crippen LogP contribution in [0.15, 0.2) is 58.3 Å². The van der Waals surface area contributed by atoms with Gasteiger partial charge in [-0.25, -0.2) is 4.98 Å². The third-order valence-corrected chi connectivity index (χ3v) is 4.75. The summed E-state index contributed by atoms with van der Waals surface area (Å²) in [7, 11) is 1.98. The minimum atomic E-state index is 0.167. The second-order valence-electron chi connectivity index (χ2n) is 6.02. The molecule has 1 aromatic carbocycles. The van der Waals surface area contributed by atoms with Gasteiger partial charge in [0.15, 0.2) is 5.82 Å². The zero-order valence-electron chi connectivity index (χ0n) is 14.9. The van der Waals surface area contributed by atoms with Crippen molar-refractivity contribution in [1.29, 1.82) is 0 Å². The van der Waals surface area contributed by atoms with Crippen LogP contribution in [0.4, 0.5) is 17.5 Å². The van der Waals surface area contributed by atoms with E-state index in [1.165, 1.54) is 4.90 Å². The van der Waals surface area contributed by atoms with Crippen LogP contribution < -0.4 is 10.2 Å². The van der Waals surface area contributed by atoms with Crippen LogP contribution in [0.3, 0.4) is 0 Å². The minimum Gasteiger partial charge on any atom is -0.396 e. The smallest absolute Gasteiger partial charge is 0.153 e. The van der Waals surface area contributed by atoms with E-state index in [2.05, 4.69) is 33.7 Å². The number of benzene rings is 1. The van der Waals surface area contributed by atoms with Crippen LogP contribution >= 0.6 is 11.8 Å². The molecule has 2 heterocycles. The number of hydrogen-bond donors (Lipinski definition) is 3. The lowest BCUT2D eigenvalue weighted by Gasteiger charge is -2.19. The zero-order valence-corrected chi connectivity index (χ0v) is 15.8. The molecule has 0 saturated heterocycles. The first-order valence-electron chi connectivity index (χ1n) is 8.50. The molecule has 0 spiro atoms. The number of rotatable bonds is 8. The first-order valence-corrected chi connectivity index (χ1v) is 9.32. The Labute approximate surface area is 157 Å². The van der Waals surface area contributed by atoms with Crippen molar-refractivity contribution in [3.63, 3.8) is 0 Å². The quantitative estimate of drug-likeness (QED) is 0.560. The van der Waals surface area contributed by atoms with Crippen LogP contribution in [0.2, 0.25) is 0 Å². The largest absolute Gasteiger partial charge is 0.396 e. The Balaban J connectivity index is 1.87. The number of aliphatic hydroxyl groups excluding tert-OH is 1. The molecule has 26 heavy (non-hydrogen) atoms. The Hall–Kier alpha value is -2.51. The van der Waals surface area contributed by atoms with Gasteiger partial charge in [-0.3, -0.25) is 5.10 Å². The number of H-pyrrole nitrogens is 1. The van der Waals surface area contributed by atoms with E-state index in [9.17, 15) is 0 Å². The van der Waals surface area contributed by atoms with E-state index in [0.29, 0.717) is 6.42 Å². The number of nitrogens with one attached hydrogen (secondary N) is 2. The fourth-order valence-corrected chi connectivity index (χ4v) is 3.37. The summed E-state index contributed by atoms with van der Waals surface area (Å²) in [5, 5.41) is 19.5.